The molecule has 2 aromatic rings. The van der Waals surface area contributed by atoms with E-state index in [0.717, 1.165) is 11.3 Å². The lowest BCUT2D eigenvalue weighted by Gasteiger charge is -2.09. The Morgan fingerprint density at radius 2 is 2.11 bits per heavy atom. The summed E-state index contributed by atoms with van der Waals surface area (Å²) in [7, 11) is 1.77. The Morgan fingerprint density at radius 1 is 1.28 bits per heavy atom. The Morgan fingerprint density at radius 3 is 2.78 bits per heavy atom. The van der Waals surface area contributed by atoms with Crippen molar-refractivity contribution in [2.24, 2.45) is 0 Å². The van der Waals surface area contributed by atoms with Crippen LogP contribution < -0.4 is 10.6 Å². The molecule has 0 aliphatic heterocycles. The number of nitrogens with one attached hydrogen (secondary N) is 2. The van der Waals surface area contributed by atoms with Gasteiger partial charge in [-0.1, -0.05) is 11.6 Å². The lowest BCUT2D eigenvalue weighted by Crippen LogP contribution is -2.16. The molecule has 0 aliphatic rings. The first-order chi connectivity index (χ1) is 8.70. The molecule has 0 fully saturated rings. The van der Waals surface area contributed by atoms with Gasteiger partial charge >= 0.3 is 0 Å². The molecule has 18 heavy (non-hydrogen) atoms. The third-order valence-corrected chi connectivity index (χ3v) is 2.40. The van der Waals surface area contributed by atoms with Gasteiger partial charge in [-0.15, -0.1) is 5.10 Å². The number of rotatable bonds is 3. The van der Waals surface area contributed by atoms with Crippen molar-refractivity contribution in [3.05, 3.63) is 41.7 Å². The summed E-state index contributed by atoms with van der Waals surface area (Å²) in [6.45, 7) is 1.93. The Bertz CT molecular complexity index is 556. The summed E-state index contributed by atoms with van der Waals surface area (Å²) in [5, 5.41) is 12.9. The highest BCUT2D eigenvalue weighted by molar-refractivity contribution is 6.07. The summed E-state index contributed by atoms with van der Waals surface area (Å²) < 4.78 is 0. The van der Waals surface area contributed by atoms with Crippen LogP contribution in [0.1, 0.15) is 15.9 Å². The van der Waals surface area contributed by atoms with Crippen molar-refractivity contribution in [2.75, 3.05) is 17.7 Å². The molecule has 92 valence electrons. The van der Waals surface area contributed by atoms with E-state index in [-0.39, 0.29) is 11.9 Å². The molecule has 0 atom stereocenters. The molecule has 0 saturated heterocycles. The van der Waals surface area contributed by atoms with Gasteiger partial charge in [0.25, 0.3) is 5.91 Å². The Hall–Kier alpha value is -2.50. The van der Waals surface area contributed by atoms with Crippen molar-refractivity contribution in [1.29, 1.82) is 0 Å². The van der Waals surface area contributed by atoms with Gasteiger partial charge in [-0.3, -0.25) is 10.1 Å². The third kappa shape index (κ3) is 2.60. The van der Waals surface area contributed by atoms with E-state index in [0.29, 0.717) is 5.56 Å². The number of carbonyl (C=O) groups is 1. The molecular weight excluding hydrogens is 230 g/mol. The first-order valence-electron chi connectivity index (χ1n) is 5.44. The van der Waals surface area contributed by atoms with E-state index in [9.17, 15) is 4.79 Å². The van der Waals surface area contributed by atoms with Crippen LogP contribution in [-0.2, 0) is 0 Å². The topological polar surface area (TPSA) is 79.8 Å². The fourth-order valence-electron chi connectivity index (χ4n) is 1.54. The monoisotopic (exact) mass is 243 g/mol. The van der Waals surface area contributed by atoms with Crippen LogP contribution in [0.4, 0.5) is 11.6 Å². The number of carbonyl (C=O) groups excluding carboxylic acids is 1. The maximum Gasteiger partial charge on any atom is 0.260 e. The Balaban J connectivity index is 2.26. The molecule has 0 saturated carbocycles. The largest absolute Gasteiger partial charge is 0.387 e. The first-order valence-corrected chi connectivity index (χ1v) is 5.44. The van der Waals surface area contributed by atoms with Crippen LogP contribution in [0.15, 0.2) is 30.6 Å². The molecule has 1 aromatic carbocycles. The zero-order valence-electron chi connectivity index (χ0n) is 10.1. The summed E-state index contributed by atoms with van der Waals surface area (Å²) in [5.41, 5.74) is 2.30. The Kier molecular flexibility index (Phi) is 3.47. The van der Waals surface area contributed by atoms with E-state index in [1.807, 2.05) is 19.1 Å². The van der Waals surface area contributed by atoms with Crippen molar-refractivity contribution in [3.63, 3.8) is 0 Å². The van der Waals surface area contributed by atoms with E-state index >= 15 is 0 Å². The number of amides is 1. The maximum absolute atomic E-state index is 12.1. The van der Waals surface area contributed by atoms with Gasteiger partial charge in [0.05, 0.1) is 18.0 Å². The van der Waals surface area contributed by atoms with Crippen molar-refractivity contribution in [1.82, 2.24) is 15.2 Å². The molecular formula is C12H13N5O. The van der Waals surface area contributed by atoms with Crippen LogP contribution in [0.2, 0.25) is 0 Å². The van der Waals surface area contributed by atoms with Crippen LogP contribution in [0, 0.1) is 6.92 Å². The van der Waals surface area contributed by atoms with Crippen molar-refractivity contribution in [2.45, 2.75) is 6.92 Å². The predicted molar refractivity (Wildman–Crippen MR) is 68.5 cm³/mol. The lowest BCUT2D eigenvalue weighted by atomic mass is 10.1. The maximum atomic E-state index is 12.1. The average molecular weight is 243 g/mol. The van der Waals surface area contributed by atoms with Crippen LogP contribution in [0.5, 0.6) is 0 Å². The first kappa shape index (κ1) is 12.0. The van der Waals surface area contributed by atoms with E-state index in [4.69, 9.17) is 0 Å². The third-order valence-electron chi connectivity index (χ3n) is 2.40. The lowest BCUT2D eigenvalue weighted by molar-refractivity contribution is 0.102. The number of nitrogens with zero attached hydrogens (tertiary/aromatic N) is 3. The minimum absolute atomic E-state index is 0.186. The molecule has 1 aromatic heterocycles. The molecule has 6 heteroatoms. The summed E-state index contributed by atoms with van der Waals surface area (Å²) in [6.07, 6.45) is 2.92. The number of aryl methyl sites for hydroxylation is 1. The second kappa shape index (κ2) is 5.22. The van der Waals surface area contributed by atoms with Gasteiger partial charge in [0.2, 0.25) is 5.95 Å². The zero-order valence-corrected chi connectivity index (χ0v) is 10.1. The van der Waals surface area contributed by atoms with E-state index in [1.54, 1.807) is 13.1 Å². The zero-order chi connectivity index (χ0) is 13.0. The van der Waals surface area contributed by atoms with Crippen molar-refractivity contribution >= 4 is 17.5 Å². The quantitative estimate of drug-likeness (QED) is 0.853. The van der Waals surface area contributed by atoms with Crippen LogP contribution in [-0.4, -0.2) is 28.1 Å². The van der Waals surface area contributed by atoms with Crippen LogP contribution in [0.25, 0.3) is 0 Å². The smallest absolute Gasteiger partial charge is 0.260 e. The molecule has 0 radical (unpaired) electrons. The molecule has 2 rings (SSSR count). The number of aromatic nitrogens is 3. The summed E-state index contributed by atoms with van der Waals surface area (Å²) in [6, 6.07) is 5.59. The van der Waals surface area contributed by atoms with E-state index in [2.05, 4.69) is 25.8 Å². The number of benzene rings is 1. The van der Waals surface area contributed by atoms with Crippen LogP contribution in [0.3, 0.4) is 0 Å². The fourth-order valence-corrected chi connectivity index (χ4v) is 1.54. The molecule has 1 heterocycles. The minimum Gasteiger partial charge on any atom is -0.387 e. The summed E-state index contributed by atoms with van der Waals surface area (Å²) in [5.74, 6) is -0.0814. The summed E-state index contributed by atoms with van der Waals surface area (Å²) in [4.78, 5) is 16.0. The minimum atomic E-state index is -0.268. The molecule has 2 N–H and O–H groups in total. The van der Waals surface area contributed by atoms with Gasteiger partial charge in [-0.25, -0.2) is 4.98 Å². The van der Waals surface area contributed by atoms with Crippen LogP contribution >= 0.6 is 0 Å². The van der Waals surface area contributed by atoms with Gasteiger partial charge in [0.1, 0.15) is 0 Å². The molecule has 6 nitrogen and oxygen atoms in total. The van der Waals surface area contributed by atoms with Gasteiger partial charge in [-0.05, 0) is 19.1 Å². The van der Waals surface area contributed by atoms with Gasteiger partial charge in [-0.2, -0.15) is 5.10 Å². The van der Waals surface area contributed by atoms with Gasteiger partial charge in [0.15, 0.2) is 0 Å². The molecule has 1 amide bonds. The second-order valence-corrected chi connectivity index (χ2v) is 3.72. The molecule has 0 unspecified atom stereocenters. The molecule has 0 bridgehead atoms. The number of hydrogen-bond acceptors (Lipinski definition) is 5. The van der Waals surface area contributed by atoms with Gasteiger partial charge in [0, 0.05) is 12.7 Å². The standard InChI is InChI=1S/C12H13N5O/c1-8-3-4-10(13-2)9(7-8)11(18)16-12-14-5-6-15-17-12/h3-7,13H,1-2H3,(H,14,16,17,18). The normalized spacial score (nSPS) is 9.89. The number of anilines is 2. The average Bonchev–Trinajstić information content (AvgIpc) is 2.40. The second-order valence-electron chi connectivity index (χ2n) is 3.72. The van der Waals surface area contributed by atoms with E-state index in [1.165, 1.54) is 12.4 Å². The highest BCUT2D eigenvalue weighted by Gasteiger charge is 2.12. The summed E-state index contributed by atoms with van der Waals surface area (Å²) >= 11 is 0. The molecule has 0 aliphatic carbocycles. The van der Waals surface area contributed by atoms with Crippen molar-refractivity contribution in [3.8, 4) is 0 Å². The fraction of sp³-hybridized carbons (Fsp3) is 0.167. The molecule has 0 spiro atoms. The van der Waals surface area contributed by atoms with E-state index < -0.39 is 0 Å². The number of hydrogen-bond donors (Lipinski definition) is 2. The van der Waals surface area contributed by atoms with Crippen molar-refractivity contribution < 1.29 is 4.79 Å². The van der Waals surface area contributed by atoms with Gasteiger partial charge < -0.3 is 5.32 Å². The highest BCUT2D eigenvalue weighted by Crippen LogP contribution is 2.17. The highest BCUT2D eigenvalue weighted by atomic mass is 16.1. The predicted octanol–water partition coefficient (Wildman–Crippen LogP) is 1.47. The Labute approximate surface area is 104 Å². The SMILES string of the molecule is CNc1ccc(C)cc1C(=O)Nc1nccnn1.